The summed E-state index contributed by atoms with van der Waals surface area (Å²) in [7, 11) is -2.70. The third kappa shape index (κ3) is 7.01. The molecule has 3 aromatic carbocycles. The van der Waals surface area contributed by atoms with Crippen LogP contribution in [0.3, 0.4) is 0 Å². The first-order valence-corrected chi connectivity index (χ1v) is 15.1. The van der Waals surface area contributed by atoms with Crippen LogP contribution in [-0.2, 0) is 26.2 Å². The van der Waals surface area contributed by atoms with Gasteiger partial charge in [-0.25, -0.2) is 8.42 Å². The number of anilines is 1. The number of benzene rings is 3. The summed E-state index contributed by atoms with van der Waals surface area (Å²) in [5.41, 5.74) is 1.07. The van der Waals surface area contributed by atoms with Crippen LogP contribution in [0.15, 0.2) is 89.8 Å². The molecule has 212 valence electrons. The summed E-state index contributed by atoms with van der Waals surface area (Å²) in [4.78, 5) is 28.9. The molecule has 40 heavy (non-hydrogen) atoms. The lowest BCUT2D eigenvalue weighted by atomic mass is 9.95. The minimum Gasteiger partial charge on any atom is -0.495 e. The lowest BCUT2D eigenvalue weighted by Gasteiger charge is -2.33. The zero-order valence-corrected chi connectivity index (χ0v) is 23.8. The fourth-order valence-electron chi connectivity index (χ4n) is 5.00. The van der Waals surface area contributed by atoms with Gasteiger partial charge in [0.2, 0.25) is 11.8 Å². The standard InChI is InChI=1S/C31H37N3O5S/c1-24(31(36)32-26-16-8-4-9-17-26)33(22-25-14-6-3-7-15-25)30(35)23-34(28-20-12-13-21-29(28)39-2)40(37,38)27-18-10-5-11-19-27/h3,5-7,10-15,18-21,24,26H,4,8-9,16-17,22-23H2,1-2H3,(H,32,36)/t24-/m1/s1. The van der Waals surface area contributed by atoms with E-state index >= 15 is 0 Å². The van der Waals surface area contributed by atoms with Crippen molar-refractivity contribution >= 4 is 27.5 Å². The summed E-state index contributed by atoms with van der Waals surface area (Å²) in [5, 5.41) is 3.11. The number of carbonyl (C=O) groups is 2. The zero-order valence-electron chi connectivity index (χ0n) is 23.0. The number of amides is 2. The monoisotopic (exact) mass is 563 g/mol. The number of carbonyl (C=O) groups excluding carboxylic acids is 2. The minimum absolute atomic E-state index is 0.0476. The molecule has 2 amide bonds. The number of hydrogen-bond donors (Lipinski definition) is 1. The smallest absolute Gasteiger partial charge is 0.264 e. The van der Waals surface area contributed by atoms with E-state index in [4.69, 9.17) is 4.74 Å². The zero-order chi connectivity index (χ0) is 28.5. The Kier molecular flexibility index (Phi) is 9.82. The van der Waals surface area contributed by atoms with Gasteiger partial charge in [0.15, 0.2) is 0 Å². The number of nitrogens with one attached hydrogen (secondary N) is 1. The van der Waals surface area contributed by atoms with E-state index in [0.717, 1.165) is 42.0 Å². The second-order valence-corrected chi connectivity index (χ2v) is 11.9. The Balaban J connectivity index is 1.68. The molecule has 1 fully saturated rings. The third-order valence-corrected chi connectivity index (χ3v) is 9.05. The summed E-state index contributed by atoms with van der Waals surface area (Å²) in [5.74, 6) is -0.431. The van der Waals surface area contributed by atoms with Crippen molar-refractivity contribution in [2.45, 2.75) is 62.6 Å². The number of nitrogens with zero attached hydrogens (tertiary/aromatic N) is 2. The molecule has 8 nitrogen and oxygen atoms in total. The van der Waals surface area contributed by atoms with Gasteiger partial charge in [-0.3, -0.25) is 13.9 Å². The van der Waals surface area contributed by atoms with Crippen LogP contribution in [-0.4, -0.2) is 50.9 Å². The van der Waals surface area contributed by atoms with Crippen LogP contribution in [0.5, 0.6) is 5.75 Å². The van der Waals surface area contributed by atoms with Crippen molar-refractivity contribution in [1.29, 1.82) is 0 Å². The maximum absolute atomic E-state index is 14.0. The molecule has 1 saturated carbocycles. The normalized spacial score (nSPS) is 14.7. The summed E-state index contributed by atoms with van der Waals surface area (Å²) in [6.45, 7) is 1.34. The van der Waals surface area contributed by atoms with E-state index in [1.807, 2.05) is 30.3 Å². The average molecular weight is 564 g/mol. The molecule has 0 bridgehead atoms. The number of rotatable bonds is 11. The van der Waals surface area contributed by atoms with Crippen LogP contribution in [0.2, 0.25) is 0 Å². The molecule has 1 aliphatic rings. The Morgan fingerprint density at radius 3 is 2.15 bits per heavy atom. The Bertz CT molecular complexity index is 1380. The lowest BCUT2D eigenvalue weighted by molar-refractivity contribution is -0.139. The summed E-state index contributed by atoms with van der Waals surface area (Å²) < 4.78 is 34.3. The Labute approximate surface area is 237 Å². The van der Waals surface area contributed by atoms with Crippen molar-refractivity contribution < 1.29 is 22.7 Å². The number of ether oxygens (including phenoxy) is 1. The van der Waals surface area contributed by atoms with Gasteiger partial charge < -0.3 is 15.0 Å². The molecule has 0 saturated heterocycles. The molecule has 0 aromatic heterocycles. The molecule has 0 spiro atoms. The summed E-state index contributed by atoms with van der Waals surface area (Å²) in [6, 6.07) is 23.3. The first-order valence-electron chi connectivity index (χ1n) is 13.7. The highest BCUT2D eigenvalue weighted by Gasteiger charge is 2.34. The first kappa shape index (κ1) is 29.1. The van der Waals surface area contributed by atoms with Gasteiger partial charge in [0.1, 0.15) is 18.3 Å². The van der Waals surface area contributed by atoms with Gasteiger partial charge in [-0.15, -0.1) is 0 Å². The van der Waals surface area contributed by atoms with E-state index in [1.165, 1.54) is 24.1 Å². The molecule has 1 atom stereocenters. The van der Waals surface area contributed by atoms with E-state index in [-0.39, 0.29) is 29.1 Å². The molecule has 0 unspecified atom stereocenters. The van der Waals surface area contributed by atoms with Crippen molar-refractivity contribution in [3.8, 4) is 5.75 Å². The molecule has 3 aromatic rings. The molecule has 1 N–H and O–H groups in total. The highest BCUT2D eigenvalue weighted by Crippen LogP contribution is 2.32. The van der Waals surface area contributed by atoms with Crippen LogP contribution in [0.4, 0.5) is 5.69 Å². The highest BCUT2D eigenvalue weighted by atomic mass is 32.2. The number of methoxy groups -OCH3 is 1. The fourth-order valence-corrected chi connectivity index (χ4v) is 6.45. The van der Waals surface area contributed by atoms with Gasteiger partial charge in [0.05, 0.1) is 17.7 Å². The lowest BCUT2D eigenvalue weighted by Crippen LogP contribution is -2.53. The fraction of sp³-hybridized carbons (Fsp3) is 0.355. The van der Waals surface area contributed by atoms with Crippen molar-refractivity contribution in [3.63, 3.8) is 0 Å². The van der Waals surface area contributed by atoms with Crippen LogP contribution < -0.4 is 14.4 Å². The minimum atomic E-state index is -4.15. The van der Waals surface area contributed by atoms with Crippen LogP contribution >= 0.6 is 0 Å². The maximum atomic E-state index is 14.0. The second-order valence-electron chi connectivity index (χ2n) is 10.0. The van der Waals surface area contributed by atoms with Crippen molar-refractivity contribution in [1.82, 2.24) is 10.2 Å². The molecular weight excluding hydrogens is 526 g/mol. The third-order valence-electron chi connectivity index (χ3n) is 7.28. The summed E-state index contributed by atoms with van der Waals surface area (Å²) in [6.07, 6.45) is 5.13. The van der Waals surface area contributed by atoms with Crippen LogP contribution in [0, 0.1) is 0 Å². The van der Waals surface area contributed by atoms with E-state index in [0.29, 0.717) is 5.75 Å². The van der Waals surface area contributed by atoms with Gasteiger partial charge in [0.25, 0.3) is 10.0 Å². The molecule has 4 rings (SSSR count). The van der Waals surface area contributed by atoms with Gasteiger partial charge >= 0.3 is 0 Å². The molecule has 1 aliphatic carbocycles. The molecule has 0 heterocycles. The van der Waals surface area contributed by atoms with Gasteiger partial charge in [-0.05, 0) is 49.6 Å². The Hall–Kier alpha value is -3.85. The molecular formula is C31H37N3O5S. The van der Waals surface area contributed by atoms with Crippen molar-refractivity contribution in [2.75, 3.05) is 18.0 Å². The average Bonchev–Trinajstić information content (AvgIpc) is 2.99. The number of hydrogen-bond acceptors (Lipinski definition) is 5. The van der Waals surface area contributed by atoms with Crippen molar-refractivity contribution in [3.05, 3.63) is 90.5 Å². The van der Waals surface area contributed by atoms with Gasteiger partial charge in [-0.2, -0.15) is 0 Å². The predicted octanol–water partition coefficient (Wildman–Crippen LogP) is 4.76. The topological polar surface area (TPSA) is 96.0 Å². The quantitative estimate of drug-likeness (QED) is 0.363. The number of sulfonamides is 1. The maximum Gasteiger partial charge on any atom is 0.264 e. The van der Waals surface area contributed by atoms with Crippen LogP contribution in [0.1, 0.15) is 44.6 Å². The second kappa shape index (κ2) is 13.5. The van der Waals surface area contributed by atoms with E-state index < -0.39 is 28.5 Å². The highest BCUT2D eigenvalue weighted by molar-refractivity contribution is 7.92. The van der Waals surface area contributed by atoms with Crippen LogP contribution in [0.25, 0.3) is 0 Å². The first-order chi connectivity index (χ1) is 19.3. The molecule has 0 radical (unpaired) electrons. The predicted molar refractivity (Wildman–Crippen MR) is 155 cm³/mol. The SMILES string of the molecule is COc1ccccc1N(CC(=O)N(Cc1ccccc1)[C@H](C)C(=O)NC1CCCCC1)S(=O)(=O)c1ccccc1. The van der Waals surface area contributed by atoms with E-state index in [1.54, 1.807) is 49.4 Å². The van der Waals surface area contributed by atoms with Crippen molar-refractivity contribution in [2.24, 2.45) is 0 Å². The van der Waals surface area contributed by atoms with E-state index in [9.17, 15) is 18.0 Å². The number of para-hydroxylation sites is 2. The Morgan fingerprint density at radius 2 is 1.50 bits per heavy atom. The summed E-state index contributed by atoms with van der Waals surface area (Å²) >= 11 is 0. The molecule has 9 heteroatoms. The van der Waals surface area contributed by atoms with Gasteiger partial charge in [0, 0.05) is 12.6 Å². The van der Waals surface area contributed by atoms with Gasteiger partial charge in [-0.1, -0.05) is 79.9 Å². The molecule has 0 aliphatic heterocycles. The largest absolute Gasteiger partial charge is 0.495 e. The Morgan fingerprint density at radius 1 is 0.900 bits per heavy atom. The van der Waals surface area contributed by atoms with E-state index in [2.05, 4.69) is 5.32 Å².